The highest BCUT2D eigenvalue weighted by Crippen LogP contribution is 2.20. The predicted molar refractivity (Wildman–Crippen MR) is 107 cm³/mol. The van der Waals surface area contributed by atoms with Crippen LogP contribution < -0.4 is 10.6 Å². The topological polar surface area (TPSA) is 71.1 Å². The molecule has 2 N–H and O–H groups in total. The van der Waals surface area contributed by atoms with Crippen LogP contribution in [0.25, 0.3) is 0 Å². The van der Waals surface area contributed by atoms with Crippen LogP contribution in [0.2, 0.25) is 0 Å². The summed E-state index contributed by atoms with van der Waals surface area (Å²) in [6.07, 6.45) is 0. The Morgan fingerprint density at radius 2 is 1.22 bits per heavy atom. The number of carbonyl (C=O) groups excluding carboxylic acids is 2. The summed E-state index contributed by atoms with van der Waals surface area (Å²) in [6, 6.07) is 18.1. The SMILES string of the molecule is Cc1ccc(NC(=O)c2cccc(C(=O)Nc3c(C)cccc3C)n2)cc1. The van der Waals surface area contributed by atoms with Crippen molar-refractivity contribution in [3.8, 4) is 0 Å². The van der Waals surface area contributed by atoms with Crippen molar-refractivity contribution in [2.45, 2.75) is 20.8 Å². The van der Waals surface area contributed by atoms with Crippen LogP contribution in [0.5, 0.6) is 0 Å². The molecule has 0 unspecified atom stereocenters. The standard InChI is InChI=1S/C22H21N3O2/c1-14-10-12-17(13-11-14)23-21(26)18-8-5-9-19(24-18)22(27)25-20-15(2)6-4-7-16(20)3/h4-13H,1-3H3,(H,23,26)(H,25,27). The third kappa shape index (κ3) is 4.39. The number of aryl methyl sites for hydroxylation is 3. The second-order valence-corrected chi connectivity index (χ2v) is 6.45. The second kappa shape index (κ2) is 7.83. The van der Waals surface area contributed by atoms with E-state index in [-0.39, 0.29) is 23.2 Å². The van der Waals surface area contributed by atoms with Gasteiger partial charge in [-0.2, -0.15) is 0 Å². The summed E-state index contributed by atoms with van der Waals surface area (Å²) in [5, 5.41) is 5.67. The van der Waals surface area contributed by atoms with Gasteiger partial charge in [-0.05, 0) is 56.2 Å². The number of anilines is 2. The number of carbonyl (C=O) groups is 2. The van der Waals surface area contributed by atoms with Gasteiger partial charge in [0.2, 0.25) is 0 Å². The van der Waals surface area contributed by atoms with Gasteiger partial charge in [0.1, 0.15) is 11.4 Å². The quantitative estimate of drug-likeness (QED) is 0.720. The molecule has 0 aliphatic carbocycles. The zero-order valence-corrected chi connectivity index (χ0v) is 15.5. The summed E-state index contributed by atoms with van der Waals surface area (Å²) < 4.78 is 0. The molecule has 0 saturated carbocycles. The van der Waals surface area contributed by atoms with Gasteiger partial charge in [-0.25, -0.2) is 4.98 Å². The third-order valence-electron chi connectivity index (χ3n) is 4.24. The minimum Gasteiger partial charge on any atom is -0.321 e. The molecule has 5 nitrogen and oxygen atoms in total. The molecule has 0 spiro atoms. The molecule has 0 aliphatic rings. The molecule has 0 bridgehead atoms. The Balaban J connectivity index is 1.77. The minimum absolute atomic E-state index is 0.185. The van der Waals surface area contributed by atoms with Crippen LogP contribution in [-0.4, -0.2) is 16.8 Å². The lowest BCUT2D eigenvalue weighted by molar-refractivity contribution is 0.101. The number of nitrogens with zero attached hydrogens (tertiary/aromatic N) is 1. The Labute approximate surface area is 158 Å². The van der Waals surface area contributed by atoms with Gasteiger partial charge in [0.25, 0.3) is 11.8 Å². The van der Waals surface area contributed by atoms with Crippen LogP contribution in [0.3, 0.4) is 0 Å². The molecule has 0 atom stereocenters. The van der Waals surface area contributed by atoms with Gasteiger partial charge in [0.05, 0.1) is 0 Å². The van der Waals surface area contributed by atoms with E-state index in [0.717, 1.165) is 22.4 Å². The van der Waals surface area contributed by atoms with Crippen molar-refractivity contribution in [1.29, 1.82) is 0 Å². The summed E-state index contributed by atoms with van der Waals surface area (Å²) in [6.45, 7) is 5.84. The van der Waals surface area contributed by atoms with Crippen LogP contribution in [0.1, 0.15) is 37.7 Å². The van der Waals surface area contributed by atoms with Gasteiger partial charge < -0.3 is 10.6 Å². The Morgan fingerprint density at radius 1 is 0.704 bits per heavy atom. The molecule has 136 valence electrons. The molecule has 1 heterocycles. The fourth-order valence-corrected chi connectivity index (χ4v) is 2.71. The molecule has 0 radical (unpaired) electrons. The minimum atomic E-state index is -0.361. The number of aromatic nitrogens is 1. The molecular weight excluding hydrogens is 338 g/mol. The third-order valence-corrected chi connectivity index (χ3v) is 4.24. The first-order chi connectivity index (χ1) is 12.9. The van der Waals surface area contributed by atoms with E-state index in [1.54, 1.807) is 18.2 Å². The Kier molecular flexibility index (Phi) is 5.31. The molecule has 5 heteroatoms. The van der Waals surface area contributed by atoms with Crippen LogP contribution >= 0.6 is 0 Å². The lowest BCUT2D eigenvalue weighted by atomic mass is 10.1. The smallest absolute Gasteiger partial charge is 0.274 e. The van der Waals surface area contributed by atoms with Crippen molar-refractivity contribution in [1.82, 2.24) is 4.98 Å². The van der Waals surface area contributed by atoms with Crippen molar-refractivity contribution < 1.29 is 9.59 Å². The van der Waals surface area contributed by atoms with Crippen molar-refractivity contribution >= 4 is 23.2 Å². The average molecular weight is 359 g/mol. The molecule has 3 rings (SSSR count). The fourth-order valence-electron chi connectivity index (χ4n) is 2.71. The van der Waals surface area contributed by atoms with Gasteiger partial charge in [-0.15, -0.1) is 0 Å². The Morgan fingerprint density at radius 3 is 1.81 bits per heavy atom. The van der Waals surface area contributed by atoms with E-state index in [1.165, 1.54) is 0 Å². The Bertz CT molecular complexity index is 974. The molecule has 0 aliphatic heterocycles. The lowest BCUT2D eigenvalue weighted by Gasteiger charge is -2.11. The number of pyridine rings is 1. The number of rotatable bonds is 4. The van der Waals surface area contributed by atoms with E-state index in [1.807, 2.05) is 63.2 Å². The molecule has 2 amide bonds. The van der Waals surface area contributed by atoms with Crippen LogP contribution in [0.15, 0.2) is 60.7 Å². The number of nitrogens with one attached hydrogen (secondary N) is 2. The van der Waals surface area contributed by atoms with Crippen molar-refractivity contribution in [2.75, 3.05) is 10.6 Å². The normalized spacial score (nSPS) is 10.3. The van der Waals surface area contributed by atoms with Crippen molar-refractivity contribution in [2.24, 2.45) is 0 Å². The van der Waals surface area contributed by atoms with Crippen LogP contribution in [0, 0.1) is 20.8 Å². The van der Waals surface area contributed by atoms with Crippen LogP contribution in [0.4, 0.5) is 11.4 Å². The summed E-state index contributed by atoms with van der Waals surface area (Å²) >= 11 is 0. The summed E-state index contributed by atoms with van der Waals surface area (Å²) in [5.74, 6) is -0.710. The first-order valence-electron chi connectivity index (χ1n) is 8.66. The van der Waals surface area contributed by atoms with Crippen molar-refractivity contribution in [3.05, 3.63) is 88.7 Å². The largest absolute Gasteiger partial charge is 0.321 e. The highest BCUT2D eigenvalue weighted by Gasteiger charge is 2.14. The van der Waals surface area contributed by atoms with E-state index in [2.05, 4.69) is 15.6 Å². The van der Waals surface area contributed by atoms with Crippen LogP contribution in [-0.2, 0) is 0 Å². The van der Waals surface area contributed by atoms with Crippen molar-refractivity contribution in [3.63, 3.8) is 0 Å². The highest BCUT2D eigenvalue weighted by molar-refractivity contribution is 6.06. The first-order valence-corrected chi connectivity index (χ1v) is 8.66. The second-order valence-electron chi connectivity index (χ2n) is 6.45. The highest BCUT2D eigenvalue weighted by atomic mass is 16.2. The summed E-state index contributed by atoms with van der Waals surface area (Å²) in [5.41, 5.74) is 4.86. The molecule has 27 heavy (non-hydrogen) atoms. The van der Waals surface area contributed by atoms with E-state index in [9.17, 15) is 9.59 Å². The number of hydrogen-bond acceptors (Lipinski definition) is 3. The molecule has 3 aromatic rings. The molecule has 2 aromatic carbocycles. The summed E-state index contributed by atoms with van der Waals surface area (Å²) in [7, 11) is 0. The molecule has 0 saturated heterocycles. The zero-order valence-electron chi connectivity index (χ0n) is 15.5. The monoisotopic (exact) mass is 359 g/mol. The fraction of sp³-hybridized carbons (Fsp3) is 0.136. The number of amides is 2. The lowest BCUT2D eigenvalue weighted by Crippen LogP contribution is -2.19. The number of hydrogen-bond donors (Lipinski definition) is 2. The maximum absolute atomic E-state index is 12.6. The molecular formula is C22H21N3O2. The zero-order chi connectivity index (χ0) is 19.4. The maximum atomic E-state index is 12.6. The van der Waals surface area contributed by atoms with E-state index >= 15 is 0 Å². The number of benzene rings is 2. The van der Waals surface area contributed by atoms with Gasteiger partial charge in [0.15, 0.2) is 0 Å². The van der Waals surface area contributed by atoms with Gasteiger partial charge in [0, 0.05) is 11.4 Å². The molecule has 1 aromatic heterocycles. The molecule has 0 fully saturated rings. The van der Waals surface area contributed by atoms with Gasteiger partial charge in [-0.3, -0.25) is 9.59 Å². The van der Waals surface area contributed by atoms with E-state index < -0.39 is 0 Å². The number of para-hydroxylation sites is 1. The summed E-state index contributed by atoms with van der Waals surface area (Å²) in [4.78, 5) is 29.2. The van der Waals surface area contributed by atoms with E-state index in [4.69, 9.17) is 0 Å². The van der Waals surface area contributed by atoms with Gasteiger partial charge >= 0.3 is 0 Å². The Hall–Kier alpha value is -3.47. The first kappa shape index (κ1) is 18.3. The van der Waals surface area contributed by atoms with Gasteiger partial charge in [-0.1, -0.05) is 42.0 Å². The maximum Gasteiger partial charge on any atom is 0.274 e. The van der Waals surface area contributed by atoms with E-state index in [0.29, 0.717) is 5.69 Å². The average Bonchev–Trinajstić information content (AvgIpc) is 2.66. The predicted octanol–water partition coefficient (Wildman–Crippen LogP) is 4.51.